The second-order valence-electron chi connectivity index (χ2n) is 9.55. The standard InChI is InChI=1S/C27H39N5O2S/c1-4-30(5-2)15-8-9-21-12-16-31(17-13-21)18-14-28-27(34)32-24-11-7-6-10-23(24)29-26(33)22-19-35-20(3)25(22)32/h6-7,10-11,19,21H,4-5,8-9,12-18H2,1-3H3,(H,28,34)(H,29,33). The van der Waals surface area contributed by atoms with Crippen molar-refractivity contribution in [3.63, 3.8) is 0 Å². The van der Waals surface area contributed by atoms with Gasteiger partial charge in [-0.05, 0) is 83.4 Å². The molecule has 2 aromatic rings. The minimum absolute atomic E-state index is 0.174. The number of aryl methyl sites for hydroxylation is 1. The van der Waals surface area contributed by atoms with Crippen LogP contribution in [0.5, 0.6) is 0 Å². The molecule has 2 aliphatic heterocycles. The Hall–Kier alpha value is -2.42. The van der Waals surface area contributed by atoms with E-state index in [1.165, 1.54) is 43.6 Å². The van der Waals surface area contributed by atoms with E-state index in [1.54, 1.807) is 4.90 Å². The molecular weight excluding hydrogens is 458 g/mol. The van der Waals surface area contributed by atoms with Crippen LogP contribution in [0.25, 0.3) is 0 Å². The number of nitrogens with one attached hydrogen (secondary N) is 2. The molecule has 1 aromatic carbocycles. The Morgan fingerprint density at radius 3 is 2.69 bits per heavy atom. The second-order valence-corrected chi connectivity index (χ2v) is 10.6. The number of carbonyl (C=O) groups is 2. The summed E-state index contributed by atoms with van der Waals surface area (Å²) in [7, 11) is 0. The minimum atomic E-state index is -0.192. The first-order valence-electron chi connectivity index (χ1n) is 13.0. The highest BCUT2D eigenvalue weighted by Gasteiger charge is 2.32. The van der Waals surface area contributed by atoms with Gasteiger partial charge in [-0.3, -0.25) is 9.69 Å². The van der Waals surface area contributed by atoms with Gasteiger partial charge in [0, 0.05) is 23.3 Å². The highest BCUT2D eigenvalue weighted by molar-refractivity contribution is 7.11. The van der Waals surface area contributed by atoms with E-state index >= 15 is 0 Å². The predicted octanol–water partition coefficient (Wildman–Crippen LogP) is 5.30. The van der Waals surface area contributed by atoms with Crippen molar-refractivity contribution >= 4 is 40.3 Å². The summed E-state index contributed by atoms with van der Waals surface area (Å²) in [5, 5.41) is 7.90. The smallest absolute Gasteiger partial charge is 0.326 e. The van der Waals surface area contributed by atoms with Crippen molar-refractivity contribution in [1.29, 1.82) is 0 Å². The molecule has 1 saturated heterocycles. The molecule has 0 bridgehead atoms. The van der Waals surface area contributed by atoms with Gasteiger partial charge >= 0.3 is 6.03 Å². The average molecular weight is 498 g/mol. The number of rotatable bonds is 9. The maximum atomic E-state index is 13.4. The molecule has 0 saturated carbocycles. The summed E-state index contributed by atoms with van der Waals surface area (Å²) in [6, 6.07) is 7.29. The second kappa shape index (κ2) is 12.0. The lowest BCUT2D eigenvalue weighted by molar-refractivity contribution is 0.102. The fourth-order valence-electron chi connectivity index (χ4n) is 5.23. The number of fused-ring (bicyclic) bond motifs is 2. The fraction of sp³-hybridized carbons (Fsp3) is 0.556. The lowest BCUT2D eigenvalue weighted by Crippen LogP contribution is -2.43. The van der Waals surface area contributed by atoms with Crippen LogP contribution in [-0.2, 0) is 0 Å². The van der Waals surface area contributed by atoms with Crippen LogP contribution < -0.4 is 15.5 Å². The van der Waals surface area contributed by atoms with Gasteiger partial charge in [-0.25, -0.2) is 4.79 Å². The molecule has 2 aliphatic rings. The number of hydrogen-bond donors (Lipinski definition) is 2. The van der Waals surface area contributed by atoms with Crippen LogP contribution in [0.1, 0.15) is 54.8 Å². The molecule has 3 amide bonds. The molecule has 8 heteroatoms. The summed E-state index contributed by atoms with van der Waals surface area (Å²) in [5.74, 6) is 0.655. The Balaban J connectivity index is 1.29. The zero-order valence-electron chi connectivity index (χ0n) is 21.3. The minimum Gasteiger partial charge on any atom is -0.336 e. The molecule has 2 N–H and O–H groups in total. The molecular formula is C27H39N5O2S. The SMILES string of the molecule is CCN(CC)CCCC1CCN(CCNC(=O)N2c3ccccc3NC(=O)c3csc(C)c32)CC1. The number of benzene rings is 1. The zero-order chi connectivity index (χ0) is 24.8. The summed E-state index contributed by atoms with van der Waals surface area (Å²) in [6.07, 6.45) is 5.11. The molecule has 0 unspecified atom stereocenters. The lowest BCUT2D eigenvalue weighted by Gasteiger charge is -2.32. The first-order valence-corrected chi connectivity index (χ1v) is 13.9. The first-order chi connectivity index (χ1) is 17.0. The van der Waals surface area contributed by atoms with E-state index in [4.69, 9.17) is 0 Å². The van der Waals surface area contributed by atoms with E-state index in [9.17, 15) is 9.59 Å². The van der Waals surface area contributed by atoms with Gasteiger partial charge in [-0.2, -0.15) is 0 Å². The molecule has 0 aliphatic carbocycles. The van der Waals surface area contributed by atoms with Gasteiger partial charge in [0.05, 0.1) is 22.6 Å². The number of carbonyl (C=O) groups excluding carboxylic acids is 2. The molecule has 4 rings (SSSR count). The number of hydrogen-bond acceptors (Lipinski definition) is 5. The van der Waals surface area contributed by atoms with Crippen LogP contribution in [0.4, 0.5) is 21.9 Å². The maximum absolute atomic E-state index is 13.4. The molecule has 7 nitrogen and oxygen atoms in total. The van der Waals surface area contributed by atoms with Crippen molar-refractivity contribution in [1.82, 2.24) is 15.1 Å². The Morgan fingerprint density at radius 2 is 1.94 bits per heavy atom. The van der Waals surface area contributed by atoms with Crippen molar-refractivity contribution < 1.29 is 9.59 Å². The topological polar surface area (TPSA) is 67.9 Å². The number of amides is 3. The van der Waals surface area contributed by atoms with E-state index in [0.29, 0.717) is 29.2 Å². The monoisotopic (exact) mass is 497 g/mol. The lowest BCUT2D eigenvalue weighted by atomic mass is 9.92. The van der Waals surface area contributed by atoms with E-state index in [-0.39, 0.29) is 11.9 Å². The van der Waals surface area contributed by atoms with E-state index in [0.717, 1.165) is 43.5 Å². The van der Waals surface area contributed by atoms with Gasteiger partial charge in [0.2, 0.25) is 0 Å². The largest absolute Gasteiger partial charge is 0.336 e. The summed E-state index contributed by atoms with van der Waals surface area (Å²) in [5.41, 5.74) is 2.57. The predicted molar refractivity (Wildman–Crippen MR) is 145 cm³/mol. The average Bonchev–Trinajstić information content (AvgIpc) is 3.19. The summed E-state index contributed by atoms with van der Waals surface area (Å²) in [6.45, 7) is 13.6. The highest BCUT2D eigenvalue weighted by Crippen LogP contribution is 2.42. The van der Waals surface area contributed by atoms with Gasteiger partial charge < -0.3 is 20.4 Å². The molecule has 0 atom stereocenters. The number of anilines is 3. The summed E-state index contributed by atoms with van der Waals surface area (Å²) >= 11 is 1.49. The van der Waals surface area contributed by atoms with Gasteiger partial charge in [0.15, 0.2) is 0 Å². The summed E-state index contributed by atoms with van der Waals surface area (Å²) < 4.78 is 0. The van der Waals surface area contributed by atoms with Crippen molar-refractivity contribution in [3.8, 4) is 0 Å². The van der Waals surface area contributed by atoms with Gasteiger partial charge in [-0.15, -0.1) is 11.3 Å². The fourth-order valence-corrected chi connectivity index (χ4v) is 6.05. The number of thiophene rings is 1. The molecule has 190 valence electrons. The van der Waals surface area contributed by atoms with Gasteiger partial charge in [0.1, 0.15) is 0 Å². The third-order valence-electron chi connectivity index (χ3n) is 7.40. The van der Waals surface area contributed by atoms with Crippen molar-refractivity contribution in [2.75, 3.05) is 56.0 Å². The highest BCUT2D eigenvalue weighted by atomic mass is 32.1. The Kier molecular flexibility index (Phi) is 8.81. The number of urea groups is 1. The first kappa shape index (κ1) is 25.7. The normalized spacial score (nSPS) is 16.6. The molecule has 1 aromatic heterocycles. The van der Waals surface area contributed by atoms with E-state index < -0.39 is 0 Å². The third-order valence-corrected chi connectivity index (χ3v) is 8.30. The van der Waals surface area contributed by atoms with Crippen LogP contribution in [0, 0.1) is 12.8 Å². The van der Waals surface area contributed by atoms with Crippen molar-refractivity contribution in [3.05, 3.63) is 40.1 Å². The molecule has 0 spiro atoms. The maximum Gasteiger partial charge on any atom is 0.326 e. The van der Waals surface area contributed by atoms with Crippen LogP contribution in [-0.4, -0.2) is 67.6 Å². The van der Waals surface area contributed by atoms with Crippen LogP contribution in [0.15, 0.2) is 29.6 Å². The Labute approximate surface area is 213 Å². The van der Waals surface area contributed by atoms with Crippen LogP contribution in [0.3, 0.4) is 0 Å². The van der Waals surface area contributed by atoms with Crippen LogP contribution >= 0.6 is 11.3 Å². The Bertz CT molecular complexity index is 1010. The number of piperidine rings is 1. The quantitative estimate of drug-likeness (QED) is 0.493. The number of para-hydroxylation sites is 2. The molecule has 1 fully saturated rings. The van der Waals surface area contributed by atoms with Crippen LogP contribution in [0.2, 0.25) is 0 Å². The number of nitrogens with zero attached hydrogens (tertiary/aromatic N) is 3. The molecule has 35 heavy (non-hydrogen) atoms. The van der Waals surface area contributed by atoms with Crippen molar-refractivity contribution in [2.24, 2.45) is 5.92 Å². The van der Waals surface area contributed by atoms with E-state index in [2.05, 4.69) is 34.3 Å². The zero-order valence-corrected chi connectivity index (χ0v) is 22.1. The molecule has 0 radical (unpaired) electrons. The van der Waals surface area contributed by atoms with Gasteiger partial charge in [-0.1, -0.05) is 26.0 Å². The van der Waals surface area contributed by atoms with E-state index in [1.807, 2.05) is 36.6 Å². The van der Waals surface area contributed by atoms with Gasteiger partial charge in [0.25, 0.3) is 5.91 Å². The Morgan fingerprint density at radius 1 is 1.20 bits per heavy atom. The van der Waals surface area contributed by atoms with Crippen molar-refractivity contribution in [2.45, 2.75) is 46.5 Å². The molecule has 3 heterocycles. The number of likely N-dealkylation sites (tertiary alicyclic amines) is 1. The third kappa shape index (κ3) is 6.05. The summed E-state index contributed by atoms with van der Waals surface area (Å²) in [4.78, 5) is 33.7.